The van der Waals surface area contributed by atoms with E-state index in [9.17, 15) is 4.79 Å². The summed E-state index contributed by atoms with van der Waals surface area (Å²) >= 11 is 0. The van der Waals surface area contributed by atoms with Crippen molar-refractivity contribution in [3.8, 4) is 11.4 Å². The van der Waals surface area contributed by atoms with Crippen molar-refractivity contribution in [2.24, 2.45) is 0 Å². The Hall–Kier alpha value is -2.71. The molecule has 0 saturated carbocycles. The Morgan fingerprint density at radius 3 is 2.52 bits per heavy atom. The second-order valence-corrected chi connectivity index (χ2v) is 7.31. The molecule has 2 aromatic heterocycles. The second kappa shape index (κ2) is 9.19. The van der Waals surface area contributed by atoms with Crippen LogP contribution in [0.3, 0.4) is 0 Å². The number of hydrogen-bond donors (Lipinski definition) is 1. The number of para-hydroxylation sites is 1. The number of nitrogens with one attached hydrogen (secondary N) is 1. The lowest BCUT2D eigenvalue weighted by atomic mass is 10.0. The van der Waals surface area contributed by atoms with E-state index in [2.05, 4.69) is 20.7 Å². The summed E-state index contributed by atoms with van der Waals surface area (Å²) in [7, 11) is 0. The average Bonchev–Trinajstić information content (AvgIpc) is 3.39. The van der Waals surface area contributed by atoms with Crippen LogP contribution in [0.4, 0.5) is 0 Å². The summed E-state index contributed by atoms with van der Waals surface area (Å²) in [6.45, 7) is 5.97. The number of rotatable bonds is 5. The molecule has 0 atom stereocenters. The van der Waals surface area contributed by atoms with E-state index in [1.807, 2.05) is 55.3 Å². The molecule has 1 saturated heterocycles. The molecule has 154 valence electrons. The lowest BCUT2D eigenvalue weighted by Crippen LogP contribution is -2.49. The van der Waals surface area contributed by atoms with Crippen molar-refractivity contribution in [1.29, 1.82) is 0 Å². The van der Waals surface area contributed by atoms with Crippen molar-refractivity contribution < 1.29 is 4.79 Å². The number of carbonyl (C=O) groups excluding carboxylic acids is 1. The molecule has 1 aliphatic rings. The van der Waals surface area contributed by atoms with Gasteiger partial charge in [-0.1, -0.05) is 23.4 Å². The van der Waals surface area contributed by atoms with Crippen molar-refractivity contribution in [1.82, 2.24) is 35.0 Å². The van der Waals surface area contributed by atoms with E-state index in [0.717, 1.165) is 37.3 Å². The topological polar surface area (TPSA) is 80.9 Å². The largest absolute Gasteiger partial charge is 0.332 e. The molecule has 0 bridgehead atoms. The van der Waals surface area contributed by atoms with Crippen LogP contribution >= 0.6 is 12.4 Å². The van der Waals surface area contributed by atoms with Crippen molar-refractivity contribution in [3.63, 3.8) is 0 Å². The zero-order valence-corrected chi connectivity index (χ0v) is 17.4. The van der Waals surface area contributed by atoms with Gasteiger partial charge in [0.15, 0.2) is 5.69 Å². The Labute approximate surface area is 176 Å². The van der Waals surface area contributed by atoms with Gasteiger partial charge in [0.2, 0.25) is 0 Å². The van der Waals surface area contributed by atoms with Gasteiger partial charge in [-0.25, -0.2) is 9.36 Å². The predicted molar refractivity (Wildman–Crippen MR) is 113 cm³/mol. The molecule has 1 aromatic carbocycles. The fourth-order valence-electron chi connectivity index (χ4n) is 3.68. The van der Waals surface area contributed by atoms with Crippen LogP contribution in [-0.2, 0) is 0 Å². The Balaban J connectivity index is 0.00000240. The summed E-state index contributed by atoms with van der Waals surface area (Å²) < 4.78 is 3.37. The third-order valence-corrected chi connectivity index (χ3v) is 5.06. The SMILES string of the molecule is CC(C)N(C(=O)c1cn(-c2cnn(-c3ccccc3)c2)nn1)C1CCNCC1.Cl. The Morgan fingerprint density at radius 1 is 1.10 bits per heavy atom. The molecular weight excluding hydrogens is 390 g/mol. The molecule has 1 aliphatic heterocycles. The number of benzene rings is 1. The maximum Gasteiger partial charge on any atom is 0.276 e. The Morgan fingerprint density at radius 2 is 1.83 bits per heavy atom. The van der Waals surface area contributed by atoms with Gasteiger partial charge in [0, 0.05) is 12.1 Å². The molecule has 1 amide bonds. The first-order chi connectivity index (χ1) is 13.6. The number of halogens is 1. The van der Waals surface area contributed by atoms with Crippen LogP contribution in [0.25, 0.3) is 11.4 Å². The highest BCUT2D eigenvalue weighted by Crippen LogP contribution is 2.19. The first-order valence-electron chi connectivity index (χ1n) is 9.69. The molecule has 0 aliphatic carbocycles. The fraction of sp³-hybridized carbons (Fsp3) is 0.400. The zero-order chi connectivity index (χ0) is 19.5. The lowest BCUT2D eigenvalue weighted by molar-refractivity contribution is 0.0559. The van der Waals surface area contributed by atoms with Crippen LogP contribution in [0.5, 0.6) is 0 Å². The van der Waals surface area contributed by atoms with Gasteiger partial charge in [-0.2, -0.15) is 5.10 Å². The van der Waals surface area contributed by atoms with Crippen LogP contribution in [0.1, 0.15) is 37.2 Å². The van der Waals surface area contributed by atoms with Gasteiger partial charge < -0.3 is 10.2 Å². The van der Waals surface area contributed by atoms with E-state index < -0.39 is 0 Å². The molecule has 9 heteroatoms. The van der Waals surface area contributed by atoms with Gasteiger partial charge in [-0.15, -0.1) is 17.5 Å². The second-order valence-electron chi connectivity index (χ2n) is 7.31. The molecule has 4 rings (SSSR count). The summed E-state index contributed by atoms with van der Waals surface area (Å²) in [5.41, 5.74) is 2.08. The molecule has 8 nitrogen and oxygen atoms in total. The number of piperidine rings is 1. The number of carbonyl (C=O) groups is 1. The fourth-order valence-corrected chi connectivity index (χ4v) is 3.68. The van der Waals surface area contributed by atoms with Gasteiger partial charge >= 0.3 is 0 Å². The average molecular weight is 416 g/mol. The molecular formula is C20H26ClN7O. The number of hydrogen-bond acceptors (Lipinski definition) is 5. The summed E-state index contributed by atoms with van der Waals surface area (Å²) in [5.74, 6) is -0.0661. The van der Waals surface area contributed by atoms with E-state index in [1.165, 1.54) is 0 Å². The first-order valence-corrected chi connectivity index (χ1v) is 9.69. The number of aromatic nitrogens is 5. The summed E-state index contributed by atoms with van der Waals surface area (Å²) in [6.07, 6.45) is 7.18. The Kier molecular flexibility index (Phi) is 6.66. The predicted octanol–water partition coefficient (Wildman–Crippen LogP) is 2.48. The quantitative estimate of drug-likeness (QED) is 0.692. The van der Waals surface area contributed by atoms with Gasteiger partial charge in [-0.05, 0) is 51.9 Å². The third-order valence-electron chi connectivity index (χ3n) is 5.06. The van der Waals surface area contributed by atoms with Gasteiger partial charge in [-0.3, -0.25) is 4.79 Å². The van der Waals surface area contributed by atoms with E-state index in [0.29, 0.717) is 5.69 Å². The van der Waals surface area contributed by atoms with Crippen molar-refractivity contribution in [2.75, 3.05) is 13.1 Å². The standard InChI is InChI=1S/C20H25N7O.ClH/c1-15(2)27(17-8-10-21-11-9-17)20(28)19-14-26(24-23-19)18-12-22-25(13-18)16-6-4-3-5-7-16;/h3-7,12-15,17,21H,8-11H2,1-2H3;1H. The van der Waals surface area contributed by atoms with E-state index in [-0.39, 0.29) is 30.4 Å². The molecule has 3 aromatic rings. The number of amides is 1. The number of nitrogens with zero attached hydrogens (tertiary/aromatic N) is 6. The third kappa shape index (κ3) is 4.49. The summed E-state index contributed by atoms with van der Waals surface area (Å²) in [4.78, 5) is 15.1. The minimum atomic E-state index is -0.0661. The van der Waals surface area contributed by atoms with E-state index in [1.54, 1.807) is 21.8 Å². The summed E-state index contributed by atoms with van der Waals surface area (Å²) in [6, 6.07) is 10.2. The van der Waals surface area contributed by atoms with Crippen LogP contribution in [-0.4, -0.2) is 60.8 Å². The molecule has 0 radical (unpaired) electrons. The van der Waals surface area contributed by atoms with Crippen LogP contribution in [0.15, 0.2) is 48.9 Å². The highest BCUT2D eigenvalue weighted by molar-refractivity contribution is 5.92. The first kappa shape index (κ1) is 21.0. The molecule has 29 heavy (non-hydrogen) atoms. The normalized spacial score (nSPS) is 14.6. The van der Waals surface area contributed by atoms with E-state index in [4.69, 9.17) is 0 Å². The molecule has 0 unspecified atom stereocenters. The molecule has 3 heterocycles. The smallest absolute Gasteiger partial charge is 0.276 e. The maximum atomic E-state index is 13.1. The van der Waals surface area contributed by atoms with E-state index >= 15 is 0 Å². The van der Waals surface area contributed by atoms with Gasteiger partial charge in [0.1, 0.15) is 5.69 Å². The van der Waals surface area contributed by atoms with Crippen LogP contribution in [0, 0.1) is 0 Å². The van der Waals surface area contributed by atoms with Crippen molar-refractivity contribution in [3.05, 3.63) is 54.6 Å². The minimum Gasteiger partial charge on any atom is -0.332 e. The van der Waals surface area contributed by atoms with Crippen LogP contribution < -0.4 is 5.32 Å². The van der Waals surface area contributed by atoms with Crippen LogP contribution in [0.2, 0.25) is 0 Å². The van der Waals surface area contributed by atoms with Crippen molar-refractivity contribution >= 4 is 18.3 Å². The highest BCUT2D eigenvalue weighted by Gasteiger charge is 2.30. The lowest BCUT2D eigenvalue weighted by Gasteiger charge is -2.37. The Bertz CT molecular complexity index is 931. The monoisotopic (exact) mass is 415 g/mol. The molecule has 1 N–H and O–H groups in total. The van der Waals surface area contributed by atoms with Gasteiger partial charge in [0.25, 0.3) is 5.91 Å². The maximum absolute atomic E-state index is 13.1. The minimum absolute atomic E-state index is 0. The molecule has 1 fully saturated rings. The summed E-state index contributed by atoms with van der Waals surface area (Å²) in [5, 5.41) is 16.0. The van der Waals surface area contributed by atoms with Crippen molar-refractivity contribution in [2.45, 2.75) is 38.8 Å². The van der Waals surface area contributed by atoms with Gasteiger partial charge in [0.05, 0.1) is 24.3 Å². The highest BCUT2D eigenvalue weighted by atomic mass is 35.5. The zero-order valence-electron chi connectivity index (χ0n) is 16.6. The molecule has 0 spiro atoms.